The zero-order valence-electron chi connectivity index (χ0n) is 9.35. The number of thiophene rings is 1. The van der Waals surface area contributed by atoms with E-state index in [0.717, 1.165) is 32.5 Å². The Morgan fingerprint density at radius 2 is 2.31 bits per heavy atom. The molecule has 0 amide bonds. The van der Waals surface area contributed by atoms with E-state index in [9.17, 15) is 0 Å². The van der Waals surface area contributed by atoms with Gasteiger partial charge < -0.3 is 5.32 Å². The molecule has 1 fully saturated rings. The fraction of sp³-hybridized carbons (Fsp3) is 0.583. The molecule has 2 rings (SSSR count). The first kappa shape index (κ1) is 11.6. The van der Waals surface area contributed by atoms with Crippen LogP contribution in [0.4, 0.5) is 0 Å². The first-order valence-corrected chi connectivity index (χ1v) is 6.61. The Hall–Kier alpha value is -0.890. The standard InChI is InChI=1S/C12H17N3S/c13-5-8-15-6-3-11(4-7-15)14-10-12-2-1-9-16-12/h1-2,9,11,14H,3-4,6-8,10H2. The molecule has 0 spiro atoms. The quantitative estimate of drug-likeness (QED) is 0.809. The summed E-state index contributed by atoms with van der Waals surface area (Å²) in [5, 5.41) is 14.3. The zero-order valence-corrected chi connectivity index (χ0v) is 10.2. The Balaban J connectivity index is 1.68. The molecule has 1 saturated heterocycles. The van der Waals surface area contributed by atoms with Crippen molar-refractivity contribution < 1.29 is 0 Å². The SMILES string of the molecule is N#CCN1CCC(NCc2cccs2)CC1. The van der Waals surface area contributed by atoms with Crippen molar-refractivity contribution in [2.45, 2.75) is 25.4 Å². The van der Waals surface area contributed by atoms with E-state index in [0.29, 0.717) is 12.6 Å². The number of nitriles is 1. The van der Waals surface area contributed by atoms with E-state index >= 15 is 0 Å². The predicted molar refractivity (Wildman–Crippen MR) is 66.2 cm³/mol. The van der Waals surface area contributed by atoms with Crippen LogP contribution in [0.3, 0.4) is 0 Å². The summed E-state index contributed by atoms with van der Waals surface area (Å²) in [5.74, 6) is 0. The molecule has 0 atom stereocenters. The van der Waals surface area contributed by atoms with Crippen LogP contribution >= 0.6 is 11.3 Å². The van der Waals surface area contributed by atoms with Crippen LogP contribution in [0, 0.1) is 11.3 Å². The lowest BCUT2D eigenvalue weighted by Crippen LogP contribution is -2.42. The van der Waals surface area contributed by atoms with Gasteiger partial charge in [0.25, 0.3) is 0 Å². The fourth-order valence-corrected chi connectivity index (χ4v) is 2.71. The lowest BCUT2D eigenvalue weighted by atomic mass is 10.1. The third kappa shape index (κ3) is 3.31. The number of hydrogen-bond donors (Lipinski definition) is 1. The van der Waals surface area contributed by atoms with E-state index in [-0.39, 0.29) is 0 Å². The van der Waals surface area contributed by atoms with Gasteiger partial charge in [0.05, 0.1) is 12.6 Å². The molecule has 3 nitrogen and oxygen atoms in total. The van der Waals surface area contributed by atoms with E-state index in [2.05, 4.69) is 33.8 Å². The predicted octanol–water partition coefficient (Wildman–Crippen LogP) is 1.83. The molecular formula is C12H17N3S. The molecule has 0 bridgehead atoms. The average Bonchev–Trinajstić information content (AvgIpc) is 2.82. The summed E-state index contributed by atoms with van der Waals surface area (Å²) < 4.78 is 0. The largest absolute Gasteiger partial charge is 0.309 e. The summed E-state index contributed by atoms with van der Waals surface area (Å²) in [5.41, 5.74) is 0. The molecule has 1 aromatic rings. The van der Waals surface area contributed by atoms with Gasteiger partial charge >= 0.3 is 0 Å². The molecular weight excluding hydrogens is 218 g/mol. The van der Waals surface area contributed by atoms with Gasteiger partial charge in [-0.15, -0.1) is 11.3 Å². The van der Waals surface area contributed by atoms with Crippen LogP contribution in [0.5, 0.6) is 0 Å². The molecule has 0 aliphatic carbocycles. The summed E-state index contributed by atoms with van der Waals surface area (Å²) >= 11 is 1.80. The number of nitrogens with zero attached hydrogens (tertiary/aromatic N) is 2. The molecule has 4 heteroatoms. The van der Waals surface area contributed by atoms with Gasteiger partial charge in [-0.3, -0.25) is 4.90 Å². The number of nitrogens with one attached hydrogen (secondary N) is 1. The highest BCUT2D eigenvalue weighted by molar-refractivity contribution is 7.09. The molecule has 0 unspecified atom stereocenters. The second-order valence-corrected chi connectivity index (χ2v) is 5.20. The van der Waals surface area contributed by atoms with Crippen molar-refractivity contribution in [2.75, 3.05) is 19.6 Å². The molecule has 1 aliphatic heterocycles. The maximum atomic E-state index is 8.61. The second-order valence-electron chi connectivity index (χ2n) is 4.17. The maximum absolute atomic E-state index is 8.61. The van der Waals surface area contributed by atoms with Crippen LogP contribution in [0.2, 0.25) is 0 Å². The van der Waals surface area contributed by atoms with Crippen LogP contribution in [0.1, 0.15) is 17.7 Å². The molecule has 0 saturated carbocycles. The number of likely N-dealkylation sites (tertiary alicyclic amines) is 1. The second kappa shape index (κ2) is 6.00. The minimum atomic E-state index is 0.581. The molecule has 1 N–H and O–H groups in total. The first-order chi connectivity index (χ1) is 7.88. The summed E-state index contributed by atoms with van der Waals surface area (Å²) in [6.07, 6.45) is 2.32. The highest BCUT2D eigenvalue weighted by Crippen LogP contribution is 2.12. The van der Waals surface area contributed by atoms with Gasteiger partial charge in [-0.05, 0) is 24.3 Å². The third-order valence-electron chi connectivity index (χ3n) is 3.03. The average molecular weight is 235 g/mol. The van der Waals surface area contributed by atoms with Crippen LogP contribution in [0.15, 0.2) is 17.5 Å². The molecule has 1 aromatic heterocycles. The fourth-order valence-electron chi connectivity index (χ4n) is 2.05. The number of piperidine rings is 1. The maximum Gasteiger partial charge on any atom is 0.0866 e. The highest BCUT2D eigenvalue weighted by Gasteiger charge is 2.17. The summed E-state index contributed by atoms with van der Waals surface area (Å²) in [7, 11) is 0. The van der Waals surface area contributed by atoms with E-state index in [1.165, 1.54) is 4.88 Å². The lowest BCUT2D eigenvalue weighted by Gasteiger charge is -2.30. The van der Waals surface area contributed by atoms with Crippen molar-refractivity contribution in [3.63, 3.8) is 0 Å². The Labute approximate surface area is 101 Å². The Kier molecular flexibility index (Phi) is 4.34. The van der Waals surface area contributed by atoms with Gasteiger partial charge in [0.2, 0.25) is 0 Å². The van der Waals surface area contributed by atoms with Crippen molar-refractivity contribution in [1.82, 2.24) is 10.2 Å². The molecule has 0 aromatic carbocycles. The molecule has 0 radical (unpaired) electrons. The number of hydrogen-bond acceptors (Lipinski definition) is 4. The van der Waals surface area contributed by atoms with Gasteiger partial charge in [-0.2, -0.15) is 5.26 Å². The molecule has 1 aliphatic rings. The van der Waals surface area contributed by atoms with E-state index in [1.807, 2.05) is 0 Å². The zero-order chi connectivity index (χ0) is 11.2. The van der Waals surface area contributed by atoms with Crippen molar-refractivity contribution >= 4 is 11.3 Å². The normalized spacial score (nSPS) is 18.4. The van der Waals surface area contributed by atoms with Crippen LogP contribution in [0.25, 0.3) is 0 Å². The van der Waals surface area contributed by atoms with Gasteiger partial charge in [0.1, 0.15) is 0 Å². The summed E-state index contributed by atoms with van der Waals surface area (Å²) in [4.78, 5) is 3.63. The van der Waals surface area contributed by atoms with Crippen LogP contribution in [-0.2, 0) is 6.54 Å². The van der Waals surface area contributed by atoms with Gasteiger partial charge in [0, 0.05) is 30.6 Å². The van der Waals surface area contributed by atoms with E-state index in [1.54, 1.807) is 11.3 Å². The van der Waals surface area contributed by atoms with Crippen molar-refractivity contribution in [3.05, 3.63) is 22.4 Å². The minimum Gasteiger partial charge on any atom is -0.309 e. The van der Waals surface area contributed by atoms with E-state index < -0.39 is 0 Å². The van der Waals surface area contributed by atoms with Gasteiger partial charge in [-0.1, -0.05) is 6.07 Å². The number of rotatable bonds is 4. The minimum absolute atomic E-state index is 0.581. The first-order valence-electron chi connectivity index (χ1n) is 5.73. The Morgan fingerprint density at radius 3 is 2.94 bits per heavy atom. The Bertz CT molecular complexity index is 334. The smallest absolute Gasteiger partial charge is 0.0866 e. The van der Waals surface area contributed by atoms with Crippen LogP contribution < -0.4 is 5.32 Å². The van der Waals surface area contributed by atoms with E-state index in [4.69, 9.17) is 5.26 Å². The lowest BCUT2D eigenvalue weighted by molar-refractivity contribution is 0.217. The molecule has 86 valence electrons. The summed E-state index contributed by atoms with van der Waals surface area (Å²) in [6.45, 7) is 3.67. The van der Waals surface area contributed by atoms with Gasteiger partial charge in [0.15, 0.2) is 0 Å². The highest BCUT2D eigenvalue weighted by atomic mass is 32.1. The Morgan fingerprint density at radius 1 is 1.50 bits per heavy atom. The topological polar surface area (TPSA) is 39.1 Å². The third-order valence-corrected chi connectivity index (χ3v) is 3.90. The van der Waals surface area contributed by atoms with Crippen molar-refractivity contribution in [2.24, 2.45) is 0 Å². The van der Waals surface area contributed by atoms with Crippen LogP contribution in [-0.4, -0.2) is 30.6 Å². The van der Waals surface area contributed by atoms with Crippen molar-refractivity contribution in [1.29, 1.82) is 5.26 Å². The monoisotopic (exact) mass is 235 g/mol. The molecule has 2 heterocycles. The molecule has 16 heavy (non-hydrogen) atoms. The van der Waals surface area contributed by atoms with Crippen molar-refractivity contribution in [3.8, 4) is 6.07 Å². The summed E-state index contributed by atoms with van der Waals surface area (Å²) in [6, 6.07) is 7.10. The van der Waals surface area contributed by atoms with Gasteiger partial charge in [-0.25, -0.2) is 0 Å².